The molecule has 27 heavy (non-hydrogen) atoms. The second-order valence-electron chi connectivity index (χ2n) is 7.47. The number of hydrogen-bond donors (Lipinski definition) is 1. The zero-order valence-electron chi connectivity index (χ0n) is 16.2. The number of methoxy groups -OCH3 is 2. The van der Waals surface area contributed by atoms with Gasteiger partial charge in [0.05, 0.1) is 24.4 Å². The molecular weight excluding hydrogens is 358 g/mol. The lowest BCUT2D eigenvalue weighted by molar-refractivity contribution is 0.394. The third-order valence-electron chi connectivity index (χ3n) is 4.27. The van der Waals surface area contributed by atoms with Crippen molar-refractivity contribution in [1.29, 1.82) is 0 Å². The second kappa shape index (κ2) is 6.46. The molecule has 0 aliphatic carbocycles. The number of imidazole rings is 1. The monoisotopic (exact) mass is 381 g/mol. The molecule has 2 heterocycles. The Bertz CT molecular complexity index is 1100. The van der Waals surface area contributed by atoms with Crippen LogP contribution in [0.15, 0.2) is 42.5 Å². The zero-order valence-corrected chi connectivity index (χ0v) is 17.0. The average molecular weight is 382 g/mol. The summed E-state index contributed by atoms with van der Waals surface area (Å²) < 4.78 is 14.3. The maximum Gasteiger partial charge on any atom is 0.197 e. The highest BCUT2D eigenvalue weighted by molar-refractivity contribution is 7.23. The fourth-order valence-corrected chi connectivity index (χ4v) is 4.16. The number of fused-ring (bicyclic) bond motifs is 3. The van der Waals surface area contributed by atoms with Crippen LogP contribution in [0.2, 0.25) is 0 Å². The first-order chi connectivity index (χ1) is 12.9. The van der Waals surface area contributed by atoms with Gasteiger partial charge in [-0.25, -0.2) is 4.98 Å². The Labute approximate surface area is 162 Å². The van der Waals surface area contributed by atoms with E-state index in [1.54, 1.807) is 25.6 Å². The fourth-order valence-electron chi connectivity index (χ4n) is 3.13. The highest BCUT2D eigenvalue weighted by Gasteiger charge is 2.22. The predicted octanol–water partition coefficient (Wildman–Crippen LogP) is 5.44. The molecule has 0 bridgehead atoms. The summed E-state index contributed by atoms with van der Waals surface area (Å²) in [6.07, 6.45) is 0. The third-order valence-corrected chi connectivity index (χ3v) is 5.29. The van der Waals surface area contributed by atoms with E-state index < -0.39 is 0 Å². The molecule has 0 fully saturated rings. The van der Waals surface area contributed by atoms with Crippen LogP contribution in [0.3, 0.4) is 0 Å². The van der Waals surface area contributed by atoms with Crippen molar-refractivity contribution in [1.82, 2.24) is 9.38 Å². The lowest BCUT2D eigenvalue weighted by Crippen LogP contribution is -2.27. The van der Waals surface area contributed by atoms with E-state index in [1.807, 2.05) is 18.2 Å². The van der Waals surface area contributed by atoms with Gasteiger partial charge < -0.3 is 14.8 Å². The van der Waals surface area contributed by atoms with Crippen molar-refractivity contribution in [3.63, 3.8) is 0 Å². The van der Waals surface area contributed by atoms with Crippen LogP contribution in [0.25, 0.3) is 26.4 Å². The largest absolute Gasteiger partial charge is 0.497 e. The van der Waals surface area contributed by atoms with Crippen molar-refractivity contribution in [3.8, 4) is 22.8 Å². The van der Waals surface area contributed by atoms with E-state index in [0.717, 1.165) is 39.1 Å². The summed E-state index contributed by atoms with van der Waals surface area (Å²) in [4.78, 5) is 5.92. The van der Waals surface area contributed by atoms with Gasteiger partial charge in [0.15, 0.2) is 4.96 Å². The van der Waals surface area contributed by atoms with Crippen molar-refractivity contribution in [2.45, 2.75) is 26.3 Å². The Morgan fingerprint density at radius 2 is 1.67 bits per heavy atom. The van der Waals surface area contributed by atoms with E-state index >= 15 is 0 Å². The number of rotatable bonds is 4. The molecule has 0 atom stereocenters. The van der Waals surface area contributed by atoms with E-state index in [2.05, 4.69) is 54.8 Å². The second-order valence-corrected chi connectivity index (χ2v) is 8.48. The smallest absolute Gasteiger partial charge is 0.197 e. The van der Waals surface area contributed by atoms with E-state index in [1.165, 1.54) is 4.70 Å². The molecule has 0 radical (unpaired) electrons. The van der Waals surface area contributed by atoms with Gasteiger partial charge in [-0.15, -0.1) is 0 Å². The van der Waals surface area contributed by atoms with Crippen LogP contribution in [0.1, 0.15) is 20.8 Å². The number of anilines is 1. The van der Waals surface area contributed by atoms with Crippen LogP contribution in [0.5, 0.6) is 11.5 Å². The predicted molar refractivity (Wildman–Crippen MR) is 112 cm³/mol. The molecule has 5 nitrogen and oxygen atoms in total. The molecule has 0 aliphatic heterocycles. The molecule has 2 aromatic carbocycles. The Hall–Kier alpha value is -2.73. The first-order valence-electron chi connectivity index (χ1n) is 8.81. The number of benzene rings is 2. The Morgan fingerprint density at radius 1 is 1.00 bits per heavy atom. The van der Waals surface area contributed by atoms with Gasteiger partial charge in [-0.1, -0.05) is 23.5 Å². The Morgan fingerprint density at radius 3 is 2.30 bits per heavy atom. The minimum atomic E-state index is -0.114. The van der Waals surface area contributed by atoms with Crippen molar-refractivity contribution in [2.75, 3.05) is 19.5 Å². The van der Waals surface area contributed by atoms with Crippen LogP contribution >= 0.6 is 11.3 Å². The van der Waals surface area contributed by atoms with Gasteiger partial charge in [-0.3, -0.25) is 4.40 Å². The van der Waals surface area contributed by atoms with Gasteiger partial charge in [-0.2, -0.15) is 0 Å². The van der Waals surface area contributed by atoms with Crippen molar-refractivity contribution < 1.29 is 9.47 Å². The zero-order chi connectivity index (χ0) is 19.2. The molecule has 0 saturated heterocycles. The lowest BCUT2D eigenvalue weighted by atomic mass is 10.1. The molecule has 0 saturated carbocycles. The number of aromatic nitrogens is 2. The fraction of sp³-hybridized carbons (Fsp3) is 0.286. The van der Waals surface area contributed by atoms with Gasteiger partial charge in [0.1, 0.15) is 23.0 Å². The van der Waals surface area contributed by atoms with Crippen LogP contribution < -0.4 is 14.8 Å². The first kappa shape index (κ1) is 17.7. The molecule has 4 aromatic rings. The molecule has 0 spiro atoms. The number of para-hydroxylation sites is 1. The molecule has 140 valence electrons. The maximum absolute atomic E-state index is 5.45. The summed E-state index contributed by atoms with van der Waals surface area (Å²) in [6, 6.07) is 14.2. The van der Waals surface area contributed by atoms with E-state index in [9.17, 15) is 0 Å². The van der Waals surface area contributed by atoms with E-state index in [-0.39, 0.29) is 5.54 Å². The van der Waals surface area contributed by atoms with Gasteiger partial charge in [-0.05, 0) is 45.0 Å². The minimum absolute atomic E-state index is 0.114. The van der Waals surface area contributed by atoms with E-state index in [0.29, 0.717) is 0 Å². The highest BCUT2D eigenvalue weighted by Crippen LogP contribution is 2.39. The summed E-state index contributed by atoms with van der Waals surface area (Å²) in [6.45, 7) is 6.45. The van der Waals surface area contributed by atoms with Gasteiger partial charge >= 0.3 is 0 Å². The van der Waals surface area contributed by atoms with Crippen molar-refractivity contribution >= 4 is 32.3 Å². The molecule has 6 heteroatoms. The first-order valence-corrected chi connectivity index (χ1v) is 9.63. The molecule has 1 N–H and O–H groups in total. The number of ether oxygens (including phenoxy) is 2. The van der Waals surface area contributed by atoms with Crippen molar-refractivity contribution in [3.05, 3.63) is 42.5 Å². The highest BCUT2D eigenvalue weighted by atomic mass is 32.1. The Kier molecular flexibility index (Phi) is 4.23. The van der Waals surface area contributed by atoms with Gasteiger partial charge in [0, 0.05) is 17.2 Å². The van der Waals surface area contributed by atoms with Crippen LogP contribution in [-0.4, -0.2) is 29.1 Å². The lowest BCUT2D eigenvalue weighted by Gasteiger charge is -2.22. The number of hydrogen-bond acceptors (Lipinski definition) is 5. The summed E-state index contributed by atoms with van der Waals surface area (Å²) in [5.74, 6) is 2.46. The average Bonchev–Trinajstić information content (AvgIpc) is 3.16. The topological polar surface area (TPSA) is 47.8 Å². The van der Waals surface area contributed by atoms with E-state index in [4.69, 9.17) is 14.5 Å². The van der Waals surface area contributed by atoms with Crippen LogP contribution in [-0.2, 0) is 0 Å². The summed E-state index contributed by atoms with van der Waals surface area (Å²) >= 11 is 1.69. The standard InChI is InChI=1S/C21H23N3O2S/c1-21(2,3)23-19-18(13-10-14(25-4)12-15(11-13)26-5)22-20-24(19)16-8-6-7-9-17(16)27-20/h6-12,23H,1-5H3. The molecular formula is C21H23N3O2S. The third kappa shape index (κ3) is 3.21. The molecule has 0 amide bonds. The summed E-state index contributed by atoms with van der Waals surface area (Å²) in [5.41, 5.74) is 2.88. The molecule has 0 unspecified atom stereocenters. The van der Waals surface area contributed by atoms with Crippen LogP contribution in [0.4, 0.5) is 5.82 Å². The number of thiazole rings is 1. The normalized spacial score (nSPS) is 11.9. The maximum atomic E-state index is 5.45. The quantitative estimate of drug-likeness (QED) is 0.511. The molecule has 0 aliphatic rings. The van der Waals surface area contributed by atoms with Gasteiger partial charge in [0.2, 0.25) is 0 Å². The van der Waals surface area contributed by atoms with Gasteiger partial charge in [0.25, 0.3) is 0 Å². The SMILES string of the molecule is COc1cc(OC)cc(-c2nc3sc4ccccc4n3c2NC(C)(C)C)c1. The Balaban J connectivity index is 2.01. The number of nitrogens with zero attached hydrogens (tertiary/aromatic N) is 2. The van der Waals surface area contributed by atoms with Crippen LogP contribution in [0, 0.1) is 0 Å². The number of nitrogens with one attached hydrogen (secondary N) is 1. The molecule has 4 rings (SSSR count). The summed E-state index contributed by atoms with van der Waals surface area (Å²) in [7, 11) is 3.32. The van der Waals surface area contributed by atoms with Crippen molar-refractivity contribution in [2.24, 2.45) is 0 Å². The minimum Gasteiger partial charge on any atom is -0.497 e. The summed E-state index contributed by atoms with van der Waals surface area (Å²) in [5, 5.41) is 3.65. The molecule has 2 aromatic heterocycles.